The van der Waals surface area contributed by atoms with E-state index >= 15 is 0 Å². The maximum atomic E-state index is 12.5. The molecule has 0 radical (unpaired) electrons. The Hall–Kier alpha value is -3.68. The van der Waals surface area contributed by atoms with Crippen LogP contribution >= 0.6 is 0 Å². The summed E-state index contributed by atoms with van der Waals surface area (Å²) in [5, 5.41) is 0. The third kappa shape index (κ3) is 5.77. The molecule has 0 bridgehead atoms. The Balaban J connectivity index is 1.40. The molecule has 1 aliphatic rings. The summed E-state index contributed by atoms with van der Waals surface area (Å²) in [6.45, 7) is 2.04. The molecule has 1 aliphatic heterocycles. The zero-order chi connectivity index (χ0) is 24.1. The predicted octanol–water partition coefficient (Wildman–Crippen LogP) is 2.64. The summed E-state index contributed by atoms with van der Waals surface area (Å²) < 4.78 is 5.08. The van der Waals surface area contributed by atoms with Gasteiger partial charge in [-0.1, -0.05) is 23.8 Å². The van der Waals surface area contributed by atoms with E-state index in [-0.39, 0.29) is 43.7 Å². The summed E-state index contributed by atoms with van der Waals surface area (Å²) in [4.78, 5) is 53.9. The van der Waals surface area contributed by atoms with Crippen molar-refractivity contribution in [2.45, 2.75) is 26.3 Å². The third-order valence-corrected chi connectivity index (χ3v) is 5.54. The van der Waals surface area contributed by atoms with E-state index in [1.54, 1.807) is 25.2 Å². The minimum Gasteiger partial charge on any atom is -0.456 e. The number of likely N-dealkylation sites (N-methyl/N-ethyl adjacent to an activating group) is 1. The molecule has 33 heavy (non-hydrogen) atoms. The number of carbonyl (C=O) groups is 4. The second-order valence-electron chi connectivity index (χ2n) is 8.39. The summed E-state index contributed by atoms with van der Waals surface area (Å²) in [5.41, 5.74) is 3.73. The largest absolute Gasteiger partial charge is 0.456 e. The van der Waals surface area contributed by atoms with Crippen molar-refractivity contribution in [1.82, 2.24) is 9.80 Å². The second kappa shape index (κ2) is 10.3. The standard InChI is InChI=1S/C25H29N3O5/c1-17-7-12-20-21(14-17)25(32)28(24(20)31)13-5-6-23(30)33-16-22(29)27(4)15-18-8-10-19(11-9-18)26(2)3/h7-12,14H,5-6,13,15-16H2,1-4H3. The highest BCUT2D eigenvalue weighted by atomic mass is 16.5. The molecule has 0 saturated carbocycles. The van der Waals surface area contributed by atoms with Gasteiger partial charge in [0.1, 0.15) is 0 Å². The van der Waals surface area contributed by atoms with Crippen LogP contribution in [0, 0.1) is 6.92 Å². The number of ether oxygens (including phenoxy) is 1. The quantitative estimate of drug-likeness (QED) is 0.430. The highest BCUT2D eigenvalue weighted by Crippen LogP contribution is 2.24. The van der Waals surface area contributed by atoms with E-state index in [0.717, 1.165) is 21.7 Å². The van der Waals surface area contributed by atoms with Crippen LogP contribution in [0.1, 0.15) is 44.7 Å². The number of rotatable bonds is 9. The first-order chi connectivity index (χ1) is 15.7. The molecule has 0 fully saturated rings. The van der Waals surface area contributed by atoms with Crippen molar-refractivity contribution < 1.29 is 23.9 Å². The Morgan fingerprint density at radius 2 is 1.61 bits per heavy atom. The van der Waals surface area contributed by atoms with Gasteiger partial charge in [-0.05, 0) is 43.2 Å². The van der Waals surface area contributed by atoms with Gasteiger partial charge < -0.3 is 14.5 Å². The number of imide groups is 1. The average Bonchev–Trinajstić information content (AvgIpc) is 3.01. The van der Waals surface area contributed by atoms with Crippen LogP contribution in [0.3, 0.4) is 0 Å². The Morgan fingerprint density at radius 3 is 2.27 bits per heavy atom. The molecule has 8 heteroatoms. The van der Waals surface area contributed by atoms with E-state index < -0.39 is 5.97 Å². The predicted molar refractivity (Wildman–Crippen MR) is 124 cm³/mol. The highest BCUT2D eigenvalue weighted by molar-refractivity contribution is 6.21. The van der Waals surface area contributed by atoms with Gasteiger partial charge >= 0.3 is 5.97 Å². The summed E-state index contributed by atoms with van der Waals surface area (Å²) in [7, 11) is 5.57. The van der Waals surface area contributed by atoms with Crippen LogP contribution in [0.4, 0.5) is 5.69 Å². The Labute approximate surface area is 193 Å². The molecular weight excluding hydrogens is 422 g/mol. The van der Waals surface area contributed by atoms with Gasteiger partial charge in [0.2, 0.25) is 0 Å². The van der Waals surface area contributed by atoms with Gasteiger partial charge in [-0.3, -0.25) is 24.1 Å². The zero-order valence-electron chi connectivity index (χ0n) is 19.5. The maximum absolute atomic E-state index is 12.5. The van der Waals surface area contributed by atoms with Crippen molar-refractivity contribution in [1.29, 1.82) is 0 Å². The van der Waals surface area contributed by atoms with Gasteiger partial charge in [0, 0.05) is 46.3 Å². The first-order valence-corrected chi connectivity index (χ1v) is 10.8. The average molecular weight is 452 g/mol. The maximum Gasteiger partial charge on any atom is 0.306 e. The van der Waals surface area contributed by atoms with E-state index in [0.29, 0.717) is 17.7 Å². The molecule has 0 aliphatic carbocycles. The molecule has 2 aromatic carbocycles. The Morgan fingerprint density at radius 1 is 0.939 bits per heavy atom. The second-order valence-corrected chi connectivity index (χ2v) is 8.39. The molecule has 0 atom stereocenters. The van der Waals surface area contributed by atoms with Crippen molar-refractivity contribution in [3.05, 3.63) is 64.7 Å². The number of amides is 3. The van der Waals surface area contributed by atoms with Gasteiger partial charge in [-0.15, -0.1) is 0 Å². The van der Waals surface area contributed by atoms with Gasteiger partial charge in [0.05, 0.1) is 11.1 Å². The first kappa shape index (κ1) is 24.0. The lowest BCUT2D eigenvalue weighted by molar-refractivity contribution is -0.151. The minimum atomic E-state index is -0.542. The van der Waals surface area contributed by atoms with Crippen LogP contribution in [-0.2, 0) is 20.9 Å². The van der Waals surface area contributed by atoms with E-state index in [2.05, 4.69) is 0 Å². The molecule has 0 N–H and O–H groups in total. The zero-order valence-corrected chi connectivity index (χ0v) is 19.5. The lowest BCUT2D eigenvalue weighted by atomic mass is 10.1. The van der Waals surface area contributed by atoms with Crippen molar-refractivity contribution >= 4 is 29.4 Å². The smallest absolute Gasteiger partial charge is 0.306 e. The molecule has 8 nitrogen and oxygen atoms in total. The summed E-state index contributed by atoms with van der Waals surface area (Å²) >= 11 is 0. The molecular formula is C25H29N3O5. The number of anilines is 1. The van der Waals surface area contributed by atoms with Crippen molar-refractivity contribution in [3.8, 4) is 0 Å². The fourth-order valence-corrected chi connectivity index (χ4v) is 3.58. The highest BCUT2D eigenvalue weighted by Gasteiger charge is 2.35. The number of hydrogen-bond donors (Lipinski definition) is 0. The van der Waals surface area contributed by atoms with Gasteiger partial charge in [0.15, 0.2) is 6.61 Å². The lowest BCUT2D eigenvalue weighted by Crippen LogP contribution is -2.32. The Kier molecular flexibility index (Phi) is 7.48. The number of benzene rings is 2. The van der Waals surface area contributed by atoms with E-state index in [1.165, 1.54) is 4.90 Å². The fraction of sp³-hybridized carbons (Fsp3) is 0.360. The van der Waals surface area contributed by atoms with E-state index in [1.807, 2.05) is 50.2 Å². The molecule has 3 amide bonds. The van der Waals surface area contributed by atoms with Crippen LogP contribution in [0.2, 0.25) is 0 Å². The normalized spacial score (nSPS) is 12.5. The van der Waals surface area contributed by atoms with Crippen molar-refractivity contribution in [2.75, 3.05) is 39.2 Å². The number of esters is 1. The van der Waals surface area contributed by atoms with Crippen LogP contribution in [0.25, 0.3) is 0 Å². The van der Waals surface area contributed by atoms with Crippen LogP contribution in [0.5, 0.6) is 0 Å². The minimum absolute atomic E-state index is 0.00935. The van der Waals surface area contributed by atoms with Gasteiger partial charge in [-0.25, -0.2) is 0 Å². The number of nitrogens with zero attached hydrogens (tertiary/aromatic N) is 3. The van der Waals surface area contributed by atoms with E-state index in [4.69, 9.17) is 4.74 Å². The molecule has 2 aromatic rings. The number of fused-ring (bicyclic) bond motifs is 1. The number of hydrogen-bond acceptors (Lipinski definition) is 6. The topological polar surface area (TPSA) is 87.2 Å². The van der Waals surface area contributed by atoms with Crippen molar-refractivity contribution in [2.24, 2.45) is 0 Å². The monoisotopic (exact) mass is 451 g/mol. The van der Waals surface area contributed by atoms with Crippen LogP contribution < -0.4 is 4.90 Å². The van der Waals surface area contributed by atoms with Gasteiger partial charge in [-0.2, -0.15) is 0 Å². The van der Waals surface area contributed by atoms with Crippen LogP contribution in [0.15, 0.2) is 42.5 Å². The third-order valence-electron chi connectivity index (χ3n) is 5.54. The number of aryl methyl sites for hydroxylation is 1. The molecule has 3 rings (SSSR count). The number of carbonyl (C=O) groups excluding carboxylic acids is 4. The Bertz CT molecular complexity index is 1060. The molecule has 0 spiro atoms. The molecule has 0 saturated heterocycles. The SMILES string of the molecule is Cc1ccc2c(c1)C(=O)N(CCCC(=O)OCC(=O)N(C)Cc1ccc(N(C)C)cc1)C2=O. The van der Waals surface area contributed by atoms with Gasteiger partial charge in [0.25, 0.3) is 17.7 Å². The molecule has 174 valence electrons. The molecule has 0 unspecified atom stereocenters. The lowest BCUT2D eigenvalue weighted by Gasteiger charge is -2.18. The van der Waals surface area contributed by atoms with Crippen molar-refractivity contribution in [3.63, 3.8) is 0 Å². The summed E-state index contributed by atoms with van der Waals surface area (Å²) in [5.74, 6) is -1.54. The molecule has 0 aromatic heterocycles. The summed E-state index contributed by atoms with van der Waals surface area (Å²) in [6, 6.07) is 13.0. The fourth-order valence-electron chi connectivity index (χ4n) is 3.58. The van der Waals surface area contributed by atoms with Crippen LogP contribution in [-0.4, -0.2) is 67.8 Å². The molecule has 1 heterocycles. The summed E-state index contributed by atoms with van der Waals surface area (Å²) in [6.07, 6.45) is 0.279. The van der Waals surface area contributed by atoms with E-state index in [9.17, 15) is 19.2 Å². The first-order valence-electron chi connectivity index (χ1n) is 10.8.